The Morgan fingerprint density at radius 1 is 1.35 bits per heavy atom. The minimum Gasteiger partial charge on any atom is -0.352 e. The van der Waals surface area contributed by atoms with Crippen molar-refractivity contribution in [2.45, 2.75) is 32.6 Å². The number of rotatable bonds is 4. The number of aryl methyl sites for hydroxylation is 1. The van der Waals surface area contributed by atoms with Gasteiger partial charge >= 0.3 is 0 Å². The Kier molecular flexibility index (Phi) is 6.33. The molecule has 0 aliphatic heterocycles. The van der Waals surface area contributed by atoms with E-state index in [9.17, 15) is 4.79 Å². The van der Waals surface area contributed by atoms with E-state index in [1.54, 1.807) is 0 Å². The maximum atomic E-state index is 12.3. The first kappa shape index (κ1) is 16.3. The van der Waals surface area contributed by atoms with Crippen LogP contribution in [0.3, 0.4) is 0 Å². The van der Waals surface area contributed by atoms with Crippen molar-refractivity contribution >= 4 is 44.4 Å². The number of alkyl halides is 1. The summed E-state index contributed by atoms with van der Waals surface area (Å²) in [6.07, 6.45) is 5.15. The number of hydrogen-bond acceptors (Lipinski definition) is 1. The van der Waals surface area contributed by atoms with Crippen LogP contribution in [-0.4, -0.2) is 17.8 Å². The molecular weight excluding hydrogens is 429 g/mol. The molecule has 4 heteroatoms. The first-order valence-electron chi connectivity index (χ1n) is 7.22. The Hall–Kier alpha value is -0.100. The van der Waals surface area contributed by atoms with Gasteiger partial charge in [-0.3, -0.25) is 4.79 Å². The number of nitrogens with one attached hydrogen (secondary N) is 1. The average molecular weight is 450 g/mol. The summed E-state index contributed by atoms with van der Waals surface area (Å²) in [4.78, 5) is 12.3. The molecule has 1 aliphatic carbocycles. The van der Waals surface area contributed by atoms with Gasteiger partial charge in [-0.1, -0.05) is 40.9 Å². The Balaban J connectivity index is 1.96. The molecule has 2 atom stereocenters. The maximum absolute atomic E-state index is 12.3. The van der Waals surface area contributed by atoms with Crippen LogP contribution in [0.25, 0.3) is 0 Å². The SMILES string of the molecule is Cc1cccc(C(=O)NCC2CCCCC2CBr)c1I. The molecule has 0 bridgehead atoms. The lowest BCUT2D eigenvalue weighted by Crippen LogP contribution is -2.35. The summed E-state index contributed by atoms with van der Waals surface area (Å²) in [5.74, 6) is 1.40. The third kappa shape index (κ3) is 3.97. The van der Waals surface area contributed by atoms with Gasteiger partial charge in [-0.15, -0.1) is 0 Å². The zero-order valence-corrected chi connectivity index (χ0v) is 15.5. The van der Waals surface area contributed by atoms with E-state index in [0.29, 0.717) is 11.8 Å². The van der Waals surface area contributed by atoms with Gasteiger partial charge in [0.1, 0.15) is 0 Å². The van der Waals surface area contributed by atoms with E-state index in [4.69, 9.17) is 0 Å². The molecule has 0 saturated heterocycles. The zero-order valence-electron chi connectivity index (χ0n) is 11.8. The quantitative estimate of drug-likeness (QED) is 0.531. The van der Waals surface area contributed by atoms with Gasteiger partial charge in [0.25, 0.3) is 5.91 Å². The Morgan fingerprint density at radius 3 is 2.75 bits per heavy atom. The molecule has 2 rings (SSSR count). The van der Waals surface area contributed by atoms with Gasteiger partial charge in [0.15, 0.2) is 0 Å². The Morgan fingerprint density at radius 2 is 2.05 bits per heavy atom. The molecule has 1 fully saturated rings. The number of halogens is 2. The molecule has 0 heterocycles. The van der Waals surface area contributed by atoms with E-state index >= 15 is 0 Å². The van der Waals surface area contributed by atoms with Gasteiger partial charge in [-0.2, -0.15) is 0 Å². The highest BCUT2D eigenvalue weighted by atomic mass is 127. The van der Waals surface area contributed by atoms with Crippen LogP contribution in [-0.2, 0) is 0 Å². The highest BCUT2D eigenvalue weighted by molar-refractivity contribution is 14.1. The minimum absolute atomic E-state index is 0.0667. The maximum Gasteiger partial charge on any atom is 0.252 e. The van der Waals surface area contributed by atoms with Gasteiger partial charge in [-0.25, -0.2) is 0 Å². The Bertz CT molecular complexity index is 478. The van der Waals surface area contributed by atoms with E-state index in [1.165, 1.54) is 25.7 Å². The van der Waals surface area contributed by atoms with Crippen LogP contribution in [0.2, 0.25) is 0 Å². The first-order valence-corrected chi connectivity index (χ1v) is 9.42. The predicted molar refractivity (Wildman–Crippen MR) is 95.5 cm³/mol. The van der Waals surface area contributed by atoms with E-state index < -0.39 is 0 Å². The van der Waals surface area contributed by atoms with Crippen LogP contribution in [0.1, 0.15) is 41.6 Å². The summed E-state index contributed by atoms with van der Waals surface area (Å²) in [7, 11) is 0. The zero-order chi connectivity index (χ0) is 14.5. The van der Waals surface area contributed by atoms with Gasteiger partial charge in [-0.05, 0) is 65.8 Å². The lowest BCUT2D eigenvalue weighted by atomic mass is 9.80. The molecule has 110 valence electrons. The predicted octanol–water partition coefficient (Wildman–Crippen LogP) is 4.53. The molecule has 1 saturated carbocycles. The van der Waals surface area contributed by atoms with Crippen LogP contribution in [0.5, 0.6) is 0 Å². The van der Waals surface area contributed by atoms with Crippen molar-refractivity contribution in [2.75, 3.05) is 11.9 Å². The van der Waals surface area contributed by atoms with Crippen LogP contribution in [0, 0.1) is 22.3 Å². The van der Waals surface area contributed by atoms with Crippen molar-refractivity contribution in [3.05, 3.63) is 32.9 Å². The molecule has 0 radical (unpaired) electrons. The lowest BCUT2D eigenvalue weighted by Gasteiger charge is -2.30. The standard InChI is InChI=1S/C16H21BrINO/c1-11-5-4-8-14(15(11)18)16(20)19-10-13-7-3-2-6-12(13)9-17/h4-5,8,12-13H,2-3,6-7,9-10H2,1H3,(H,19,20). The van der Waals surface area contributed by atoms with E-state index in [2.05, 4.69) is 43.8 Å². The second kappa shape index (κ2) is 7.78. The molecule has 1 N–H and O–H groups in total. The summed E-state index contributed by atoms with van der Waals surface area (Å²) >= 11 is 5.87. The van der Waals surface area contributed by atoms with E-state index in [1.807, 2.05) is 25.1 Å². The number of carbonyl (C=O) groups is 1. The molecule has 2 unspecified atom stereocenters. The minimum atomic E-state index is 0.0667. The molecule has 20 heavy (non-hydrogen) atoms. The van der Waals surface area contributed by atoms with Gasteiger partial charge in [0, 0.05) is 15.4 Å². The molecule has 1 aromatic rings. The van der Waals surface area contributed by atoms with Crippen molar-refractivity contribution in [1.29, 1.82) is 0 Å². The molecule has 2 nitrogen and oxygen atoms in total. The highest BCUT2D eigenvalue weighted by Gasteiger charge is 2.24. The van der Waals surface area contributed by atoms with Crippen LogP contribution < -0.4 is 5.32 Å². The lowest BCUT2D eigenvalue weighted by molar-refractivity contribution is 0.0936. The molecule has 0 aromatic heterocycles. The average Bonchev–Trinajstić information content (AvgIpc) is 2.48. The topological polar surface area (TPSA) is 29.1 Å². The number of benzene rings is 1. The number of carbonyl (C=O) groups excluding carboxylic acids is 1. The fraction of sp³-hybridized carbons (Fsp3) is 0.562. The largest absolute Gasteiger partial charge is 0.352 e. The third-order valence-electron chi connectivity index (χ3n) is 4.23. The van der Waals surface area contributed by atoms with Gasteiger partial charge < -0.3 is 5.32 Å². The molecule has 1 aromatic carbocycles. The summed E-state index contributed by atoms with van der Waals surface area (Å²) in [5, 5.41) is 4.19. The van der Waals surface area contributed by atoms with E-state index in [-0.39, 0.29) is 5.91 Å². The fourth-order valence-corrected chi connectivity index (χ4v) is 4.36. The third-order valence-corrected chi connectivity index (χ3v) is 6.49. The van der Waals surface area contributed by atoms with Crippen molar-refractivity contribution in [2.24, 2.45) is 11.8 Å². The van der Waals surface area contributed by atoms with Crippen LogP contribution in [0.15, 0.2) is 18.2 Å². The summed E-state index contributed by atoms with van der Waals surface area (Å²) in [6, 6.07) is 5.90. The Labute approximate surface area is 143 Å². The first-order chi connectivity index (χ1) is 9.63. The second-order valence-electron chi connectivity index (χ2n) is 5.61. The van der Waals surface area contributed by atoms with Crippen molar-refractivity contribution in [3.8, 4) is 0 Å². The van der Waals surface area contributed by atoms with Crippen LogP contribution >= 0.6 is 38.5 Å². The summed E-state index contributed by atoms with van der Waals surface area (Å²) in [5.41, 5.74) is 1.96. The number of amides is 1. The second-order valence-corrected chi connectivity index (χ2v) is 7.33. The highest BCUT2D eigenvalue weighted by Crippen LogP contribution is 2.30. The van der Waals surface area contributed by atoms with Crippen molar-refractivity contribution in [1.82, 2.24) is 5.32 Å². The molecule has 0 spiro atoms. The van der Waals surface area contributed by atoms with E-state index in [0.717, 1.165) is 26.6 Å². The smallest absolute Gasteiger partial charge is 0.252 e. The number of hydrogen-bond donors (Lipinski definition) is 1. The molecule has 1 amide bonds. The fourth-order valence-electron chi connectivity index (χ4n) is 2.90. The summed E-state index contributed by atoms with van der Waals surface area (Å²) < 4.78 is 1.06. The van der Waals surface area contributed by atoms with Crippen molar-refractivity contribution in [3.63, 3.8) is 0 Å². The normalized spacial score (nSPS) is 22.6. The van der Waals surface area contributed by atoms with Crippen molar-refractivity contribution < 1.29 is 4.79 Å². The monoisotopic (exact) mass is 449 g/mol. The molecule has 1 aliphatic rings. The van der Waals surface area contributed by atoms with Gasteiger partial charge in [0.2, 0.25) is 0 Å². The molecular formula is C16H21BrINO. The van der Waals surface area contributed by atoms with Gasteiger partial charge in [0.05, 0.1) is 5.56 Å². The van der Waals surface area contributed by atoms with Crippen LogP contribution in [0.4, 0.5) is 0 Å². The summed E-state index contributed by atoms with van der Waals surface area (Å²) in [6.45, 7) is 2.85.